The predicted octanol–water partition coefficient (Wildman–Crippen LogP) is 9.06. The Morgan fingerprint density at radius 1 is 1.02 bits per heavy atom. The van der Waals surface area contributed by atoms with E-state index < -0.39 is 11.3 Å². The van der Waals surface area contributed by atoms with E-state index >= 15 is 0 Å². The second-order valence-corrected chi connectivity index (χ2v) is 15.4. The molecule has 0 heterocycles. The zero-order chi connectivity index (χ0) is 31.8. The van der Waals surface area contributed by atoms with Gasteiger partial charge in [-0.05, 0) is 112 Å². The summed E-state index contributed by atoms with van der Waals surface area (Å²) < 4.78 is 0. The lowest BCUT2D eigenvalue weighted by molar-refractivity contribution is -0.154. The van der Waals surface area contributed by atoms with E-state index in [1.807, 2.05) is 13.8 Å². The monoisotopic (exact) mass is 578 g/mol. The smallest absolute Gasteiger partial charge is 0.190 e. The minimum Gasteiger partial charge on any atom is -0.299 e. The Balaban J connectivity index is 1.63. The summed E-state index contributed by atoms with van der Waals surface area (Å²) in [5.74, 6) is -0.298. The maximum absolute atomic E-state index is 14.9. The molecule has 0 radical (unpaired) electrons. The zero-order valence-electron chi connectivity index (χ0n) is 28.1. The summed E-state index contributed by atoms with van der Waals surface area (Å²) in [4.78, 5) is 41.8. The van der Waals surface area contributed by atoms with Crippen molar-refractivity contribution < 1.29 is 14.4 Å². The summed E-state index contributed by atoms with van der Waals surface area (Å²) in [6.45, 7) is 25.2. The largest absolute Gasteiger partial charge is 0.299 e. The normalized spacial score (nSPS) is 30.2. The lowest BCUT2D eigenvalue weighted by Gasteiger charge is -2.61. The van der Waals surface area contributed by atoms with Crippen molar-refractivity contribution in [2.45, 2.75) is 107 Å². The molecule has 0 bridgehead atoms. The summed E-state index contributed by atoms with van der Waals surface area (Å²) in [6, 6.07) is 11.0. The SMILES string of the molecule is C=C(Cc1ccc(C)cc1)Cc1cc(C(C)C)c2c(c1C)C(=O)C1=C(C)C3(C)C(=O)C(C(C)=O)C(C)CC3(C)CC1(C)C2. The highest BCUT2D eigenvalue weighted by Gasteiger charge is 2.65. The number of Topliss-reactive ketones (excluding diaryl/α,β-unsaturated/α-hetero) is 3. The van der Waals surface area contributed by atoms with Gasteiger partial charge < -0.3 is 0 Å². The zero-order valence-corrected chi connectivity index (χ0v) is 28.1. The van der Waals surface area contributed by atoms with Crippen LogP contribution >= 0.6 is 0 Å². The van der Waals surface area contributed by atoms with Crippen LogP contribution in [0.2, 0.25) is 0 Å². The minimum atomic E-state index is -0.841. The maximum Gasteiger partial charge on any atom is 0.190 e. The molecule has 0 aliphatic heterocycles. The third kappa shape index (κ3) is 4.73. The summed E-state index contributed by atoms with van der Waals surface area (Å²) in [5.41, 5.74) is 9.29. The number of hydrogen-bond donors (Lipinski definition) is 0. The molecule has 5 atom stereocenters. The highest BCUT2D eigenvalue weighted by Crippen LogP contribution is 2.67. The van der Waals surface area contributed by atoms with Gasteiger partial charge in [0.05, 0.1) is 11.3 Å². The number of allylic oxidation sites excluding steroid dienone is 3. The summed E-state index contributed by atoms with van der Waals surface area (Å²) in [6.07, 6.45) is 3.89. The van der Waals surface area contributed by atoms with Crippen molar-refractivity contribution in [3.05, 3.63) is 92.6 Å². The molecule has 1 saturated carbocycles. The maximum atomic E-state index is 14.9. The van der Waals surface area contributed by atoms with Crippen LogP contribution in [0.4, 0.5) is 0 Å². The van der Waals surface area contributed by atoms with E-state index in [0.29, 0.717) is 0 Å². The average Bonchev–Trinajstić information content (AvgIpc) is 2.88. The number of ketones is 3. The molecule has 0 N–H and O–H groups in total. The first-order valence-electron chi connectivity index (χ1n) is 16.1. The first-order chi connectivity index (χ1) is 19.9. The third-order valence-electron chi connectivity index (χ3n) is 11.8. The molecule has 0 aromatic heterocycles. The Hall–Kier alpha value is -3.07. The molecule has 2 aromatic carbocycles. The number of carbonyl (C=O) groups is 3. The fraction of sp³-hybridized carbons (Fsp3) is 0.525. The van der Waals surface area contributed by atoms with Crippen LogP contribution in [0.5, 0.6) is 0 Å². The van der Waals surface area contributed by atoms with E-state index in [9.17, 15) is 14.4 Å². The van der Waals surface area contributed by atoms with Crippen molar-refractivity contribution in [1.82, 2.24) is 0 Å². The molecular formula is C40H50O3. The molecule has 43 heavy (non-hydrogen) atoms. The van der Waals surface area contributed by atoms with E-state index in [4.69, 9.17) is 0 Å². The van der Waals surface area contributed by atoms with Crippen molar-refractivity contribution in [2.75, 3.05) is 0 Å². The number of rotatable bonds is 6. The first-order valence-corrected chi connectivity index (χ1v) is 16.1. The standard InChI is InChI=1S/C40H50O3/c1-22(2)31-18-30(17-24(4)16-29-14-12-23(3)13-15-29)26(6)34-32(31)20-38(9)21-39(10)19-25(5)33(28(8)41)37(43)40(39,11)27(7)35(38)36(34)42/h12-15,18,22,25,33H,4,16-17,19-21H2,1-3,5-11H3. The lowest BCUT2D eigenvalue weighted by Crippen LogP contribution is -2.61. The molecule has 2 aromatic rings. The van der Waals surface area contributed by atoms with Gasteiger partial charge in [-0.2, -0.15) is 0 Å². The quantitative estimate of drug-likeness (QED) is 0.254. The van der Waals surface area contributed by atoms with E-state index in [2.05, 4.69) is 85.4 Å². The molecule has 5 unspecified atom stereocenters. The van der Waals surface area contributed by atoms with Gasteiger partial charge in [0.15, 0.2) is 11.6 Å². The molecule has 1 fully saturated rings. The van der Waals surface area contributed by atoms with Gasteiger partial charge in [-0.3, -0.25) is 14.4 Å². The summed E-state index contributed by atoms with van der Waals surface area (Å²) in [7, 11) is 0. The van der Waals surface area contributed by atoms with E-state index in [1.165, 1.54) is 27.8 Å². The molecule has 228 valence electrons. The minimum absolute atomic E-state index is 0.00311. The molecule has 5 rings (SSSR count). The number of hydrogen-bond acceptors (Lipinski definition) is 3. The van der Waals surface area contributed by atoms with Crippen molar-refractivity contribution in [3.63, 3.8) is 0 Å². The highest BCUT2D eigenvalue weighted by molar-refractivity contribution is 6.15. The van der Waals surface area contributed by atoms with Crippen LogP contribution < -0.4 is 0 Å². The van der Waals surface area contributed by atoms with Crippen molar-refractivity contribution in [2.24, 2.45) is 28.1 Å². The van der Waals surface area contributed by atoms with Gasteiger partial charge in [0.2, 0.25) is 0 Å². The van der Waals surface area contributed by atoms with Gasteiger partial charge in [-0.15, -0.1) is 0 Å². The van der Waals surface area contributed by atoms with Crippen LogP contribution in [0.25, 0.3) is 0 Å². The van der Waals surface area contributed by atoms with Gasteiger partial charge in [0, 0.05) is 16.6 Å². The van der Waals surface area contributed by atoms with E-state index in [1.54, 1.807) is 6.92 Å². The average molecular weight is 579 g/mol. The molecule has 0 amide bonds. The molecule has 0 saturated heterocycles. The van der Waals surface area contributed by atoms with Crippen LogP contribution in [-0.4, -0.2) is 17.3 Å². The Labute approximate surface area is 259 Å². The van der Waals surface area contributed by atoms with Gasteiger partial charge in [0.1, 0.15) is 5.78 Å². The molecular weight excluding hydrogens is 528 g/mol. The topological polar surface area (TPSA) is 51.2 Å². The fourth-order valence-electron chi connectivity index (χ4n) is 9.57. The van der Waals surface area contributed by atoms with Crippen LogP contribution in [0, 0.1) is 41.9 Å². The van der Waals surface area contributed by atoms with Crippen LogP contribution in [0.15, 0.2) is 53.6 Å². The van der Waals surface area contributed by atoms with Crippen LogP contribution in [0.1, 0.15) is 118 Å². The number of aryl methyl sites for hydroxylation is 1. The number of fused-ring (bicyclic) bond motifs is 3. The Bertz CT molecular complexity index is 1580. The van der Waals surface area contributed by atoms with Crippen molar-refractivity contribution >= 4 is 17.3 Å². The molecule has 0 spiro atoms. The van der Waals surface area contributed by atoms with Gasteiger partial charge in [0.25, 0.3) is 0 Å². The van der Waals surface area contributed by atoms with Crippen molar-refractivity contribution in [1.29, 1.82) is 0 Å². The van der Waals surface area contributed by atoms with Gasteiger partial charge in [-0.25, -0.2) is 0 Å². The molecule has 3 heteroatoms. The predicted molar refractivity (Wildman–Crippen MR) is 176 cm³/mol. The summed E-state index contributed by atoms with van der Waals surface area (Å²) >= 11 is 0. The van der Waals surface area contributed by atoms with E-state index in [-0.39, 0.29) is 40.0 Å². The third-order valence-corrected chi connectivity index (χ3v) is 11.8. The van der Waals surface area contributed by atoms with Crippen molar-refractivity contribution in [3.8, 4) is 0 Å². The first kappa shape index (κ1) is 31.4. The Morgan fingerprint density at radius 3 is 2.23 bits per heavy atom. The van der Waals surface area contributed by atoms with E-state index in [0.717, 1.165) is 60.0 Å². The lowest BCUT2D eigenvalue weighted by atomic mass is 9.40. The van der Waals surface area contributed by atoms with Gasteiger partial charge >= 0.3 is 0 Å². The summed E-state index contributed by atoms with van der Waals surface area (Å²) in [5, 5.41) is 0. The Kier molecular flexibility index (Phi) is 7.68. The molecule has 3 aliphatic rings. The second-order valence-electron chi connectivity index (χ2n) is 15.4. The fourth-order valence-corrected chi connectivity index (χ4v) is 9.57. The van der Waals surface area contributed by atoms with Gasteiger partial charge in [-0.1, -0.05) is 88.2 Å². The second kappa shape index (κ2) is 10.5. The number of carbonyl (C=O) groups excluding carboxylic acids is 3. The van der Waals surface area contributed by atoms with Crippen LogP contribution in [-0.2, 0) is 28.9 Å². The number of benzene rings is 2. The molecule has 3 aliphatic carbocycles. The Morgan fingerprint density at radius 2 is 1.65 bits per heavy atom. The highest BCUT2D eigenvalue weighted by atomic mass is 16.2. The van der Waals surface area contributed by atoms with Crippen LogP contribution in [0.3, 0.4) is 0 Å². The molecule has 3 nitrogen and oxygen atoms in total.